The first-order valence-corrected chi connectivity index (χ1v) is 7.16. The number of hydrogen-bond acceptors (Lipinski definition) is 4. The van der Waals surface area contributed by atoms with Crippen LogP contribution in [-0.2, 0) is 0 Å². The second-order valence-corrected chi connectivity index (χ2v) is 5.67. The Hall–Kier alpha value is -1.81. The number of aliphatic hydroxyl groups is 1. The molecule has 20 heavy (non-hydrogen) atoms. The molecule has 1 atom stereocenters. The van der Waals surface area contributed by atoms with Gasteiger partial charge in [-0.2, -0.15) is 0 Å². The topological polar surface area (TPSA) is 52.6 Å². The molecule has 3 rings (SSSR count). The molecule has 0 bridgehead atoms. The number of nitrogens with one attached hydrogen (secondary N) is 1. The molecule has 0 aromatic heterocycles. The van der Waals surface area contributed by atoms with Gasteiger partial charge in [0.2, 0.25) is 0 Å². The number of benzene rings is 1. The summed E-state index contributed by atoms with van der Waals surface area (Å²) < 4.78 is 0. The maximum Gasteiger partial charge on any atom is 0.192 e. The van der Waals surface area contributed by atoms with E-state index in [1.807, 2.05) is 42.2 Å². The summed E-state index contributed by atoms with van der Waals surface area (Å²) in [6.45, 7) is 3.47. The standard InChI is InChI=1S/C16H20N2O2/c1-16(20)9-8-13(15-17-10-5-11-18(15)16)14(19)12-6-3-2-4-7-12/h2-4,6-7,17,20H,5,8-11H2,1H3/t16-/m1/s1. The first-order valence-electron chi connectivity index (χ1n) is 7.16. The van der Waals surface area contributed by atoms with E-state index in [9.17, 15) is 9.90 Å². The summed E-state index contributed by atoms with van der Waals surface area (Å²) in [4.78, 5) is 14.6. The molecular formula is C16H20N2O2. The molecule has 1 aromatic carbocycles. The van der Waals surface area contributed by atoms with Crippen LogP contribution in [0.3, 0.4) is 0 Å². The zero-order valence-corrected chi connectivity index (χ0v) is 11.7. The molecule has 2 aliphatic rings. The third kappa shape index (κ3) is 2.20. The first-order chi connectivity index (χ1) is 9.59. The third-order valence-corrected chi connectivity index (χ3v) is 4.15. The van der Waals surface area contributed by atoms with E-state index in [1.54, 1.807) is 0 Å². The van der Waals surface area contributed by atoms with Gasteiger partial charge < -0.3 is 15.3 Å². The highest BCUT2D eigenvalue weighted by Crippen LogP contribution is 2.34. The highest BCUT2D eigenvalue weighted by Gasteiger charge is 2.39. The molecule has 1 saturated heterocycles. The number of hydrogen-bond donors (Lipinski definition) is 2. The van der Waals surface area contributed by atoms with Crippen LogP contribution >= 0.6 is 0 Å². The molecular weight excluding hydrogens is 252 g/mol. The maximum atomic E-state index is 12.7. The van der Waals surface area contributed by atoms with E-state index in [1.165, 1.54) is 0 Å². The molecule has 1 aromatic rings. The van der Waals surface area contributed by atoms with E-state index in [0.717, 1.165) is 30.9 Å². The van der Waals surface area contributed by atoms with Crippen LogP contribution in [0, 0.1) is 0 Å². The highest BCUT2D eigenvalue weighted by atomic mass is 16.3. The monoisotopic (exact) mass is 272 g/mol. The summed E-state index contributed by atoms with van der Waals surface area (Å²) >= 11 is 0. The molecule has 0 aliphatic carbocycles. The van der Waals surface area contributed by atoms with Crippen molar-refractivity contribution in [2.75, 3.05) is 13.1 Å². The number of ketones is 1. The first kappa shape index (κ1) is 13.2. The van der Waals surface area contributed by atoms with Crippen LogP contribution in [-0.4, -0.2) is 34.6 Å². The second-order valence-electron chi connectivity index (χ2n) is 5.67. The lowest BCUT2D eigenvalue weighted by Crippen LogP contribution is -2.55. The van der Waals surface area contributed by atoms with Gasteiger partial charge in [-0.05, 0) is 26.2 Å². The van der Waals surface area contributed by atoms with Crippen molar-refractivity contribution in [2.45, 2.75) is 31.9 Å². The minimum atomic E-state index is -0.858. The average Bonchev–Trinajstić information content (AvgIpc) is 2.48. The van der Waals surface area contributed by atoms with E-state index < -0.39 is 5.72 Å². The third-order valence-electron chi connectivity index (χ3n) is 4.15. The fourth-order valence-corrected chi connectivity index (χ4v) is 3.00. The number of carbonyl (C=O) groups is 1. The van der Waals surface area contributed by atoms with Gasteiger partial charge in [-0.3, -0.25) is 4.79 Å². The molecule has 2 heterocycles. The molecule has 0 saturated carbocycles. The van der Waals surface area contributed by atoms with Crippen LogP contribution in [0.25, 0.3) is 0 Å². The van der Waals surface area contributed by atoms with Gasteiger partial charge in [-0.15, -0.1) is 0 Å². The van der Waals surface area contributed by atoms with Crippen molar-refractivity contribution in [3.63, 3.8) is 0 Å². The highest BCUT2D eigenvalue weighted by molar-refractivity contribution is 6.09. The minimum Gasteiger partial charge on any atom is -0.371 e. The lowest BCUT2D eigenvalue weighted by atomic mass is 9.90. The van der Waals surface area contributed by atoms with Crippen LogP contribution in [0.2, 0.25) is 0 Å². The average molecular weight is 272 g/mol. The fraction of sp³-hybridized carbons (Fsp3) is 0.438. The fourth-order valence-electron chi connectivity index (χ4n) is 3.00. The molecule has 2 N–H and O–H groups in total. The van der Waals surface area contributed by atoms with Crippen molar-refractivity contribution in [1.29, 1.82) is 0 Å². The van der Waals surface area contributed by atoms with E-state index >= 15 is 0 Å². The van der Waals surface area contributed by atoms with Crippen LogP contribution < -0.4 is 5.32 Å². The van der Waals surface area contributed by atoms with Crippen molar-refractivity contribution >= 4 is 5.78 Å². The van der Waals surface area contributed by atoms with E-state index in [0.29, 0.717) is 18.4 Å². The largest absolute Gasteiger partial charge is 0.371 e. The summed E-state index contributed by atoms with van der Waals surface area (Å²) in [5, 5.41) is 13.8. The van der Waals surface area contributed by atoms with Crippen molar-refractivity contribution in [2.24, 2.45) is 0 Å². The van der Waals surface area contributed by atoms with E-state index in [4.69, 9.17) is 0 Å². The van der Waals surface area contributed by atoms with Gasteiger partial charge in [0.15, 0.2) is 5.78 Å². The van der Waals surface area contributed by atoms with Gasteiger partial charge in [-0.25, -0.2) is 0 Å². The minimum absolute atomic E-state index is 0.0653. The van der Waals surface area contributed by atoms with Gasteiger partial charge in [0.25, 0.3) is 0 Å². The summed E-state index contributed by atoms with van der Waals surface area (Å²) in [7, 11) is 0. The summed E-state index contributed by atoms with van der Waals surface area (Å²) in [5.74, 6) is 0.886. The predicted molar refractivity (Wildman–Crippen MR) is 77.0 cm³/mol. The Balaban J connectivity index is 1.99. The smallest absolute Gasteiger partial charge is 0.192 e. The van der Waals surface area contributed by atoms with E-state index in [-0.39, 0.29) is 5.78 Å². The van der Waals surface area contributed by atoms with Gasteiger partial charge in [0.05, 0.1) is 0 Å². The molecule has 0 unspecified atom stereocenters. The lowest BCUT2D eigenvalue weighted by Gasteiger charge is -2.47. The van der Waals surface area contributed by atoms with Crippen LogP contribution in [0.15, 0.2) is 41.7 Å². The molecule has 4 nitrogen and oxygen atoms in total. The maximum absolute atomic E-state index is 12.7. The van der Waals surface area contributed by atoms with Gasteiger partial charge in [0, 0.05) is 24.2 Å². The number of nitrogens with zero attached hydrogens (tertiary/aromatic N) is 1. The summed E-state index contributed by atoms with van der Waals surface area (Å²) in [5.41, 5.74) is 0.648. The summed E-state index contributed by atoms with van der Waals surface area (Å²) in [6.07, 6.45) is 2.18. The quantitative estimate of drug-likeness (QED) is 0.807. The lowest BCUT2D eigenvalue weighted by molar-refractivity contribution is -0.0964. The SMILES string of the molecule is C[C@@]1(O)CCC(C(=O)c2ccccc2)=C2NCCCN21. The normalized spacial score (nSPS) is 26.0. The van der Waals surface area contributed by atoms with Crippen molar-refractivity contribution in [1.82, 2.24) is 10.2 Å². The Bertz CT molecular complexity index is 549. The zero-order chi connectivity index (χ0) is 14.2. The molecule has 0 amide bonds. The molecule has 0 spiro atoms. The number of rotatable bonds is 2. The second kappa shape index (κ2) is 4.94. The number of allylic oxidation sites excluding steroid dienone is 1. The van der Waals surface area contributed by atoms with Gasteiger partial charge >= 0.3 is 0 Å². The molecule has 1 fully saturated rings. The zero-order valence-electron chi connectivity index (χ0n) is 11.7. The number of carbonyl (C=O) groups excluding carboxylic acids is 1. The van der Waals surface area contributed by atoms with E-state index in [2.05, 4.69) is 5.32 Å². The number of Topliss-reactive ketones (excluding diaryl/α,β-unsaturated/α-hetero) is 1. The molecule has 4 heteroatoms. The van der Waals surface area contributed by atoms with Crippen molar-refractivity contribution in [3.05, 3.63) is 47.3 Å². The Kier molecular flexibility index (Phi) is 3.26. The Morgan fingerprint density at radius 1 is 1.35 bits per heavy atom. The number of fused-ring (bicyclic) bond motifs is 1. The Labute approximate surface area is 119 Å². The van der Waals surface area contributed by atoms with Crippen LogP contribution in [0.1, 0.15) is 36.5 Å². The summed E-state index contributed by atoms with van der Waals surface area (Å²) in [6, 6.07) is 9.35. The Morgan fingerprint density at radius 3 is 2.85 bits per heavy atom. The predicted octanol–water partition coefficient (Wildman–Crippen LogP) is 1.88. The molecule has 0 radical (unpaired) electrons. The Morgan fingerprint density at radius 2 is 2.10 bits per heavy atom. The van der Waals surface area contributed by atoms with Crippen molar-refractivity contribution in [3.8, 4) is 0 Å². The van der Waals surface area contributed by atoms with Gasteiger partial charge in [0.1, 0.15) is 11.5 Å². The van der Waals surface area contributed by atoms with Crippen molar-refractivity contribution < 1.29 is 9.90 Å². The molecule has 106 valence electrons. The molecule has 2 aliphatic heterocycles. The van der Waals surface area contributed by atoms with Crippen LogP contribution in [0.4, 0.5) is 0 Å². The van der Waals surface area contributed by atoms with Crippen LogP contribution in [0.5, 0.6) is 0 Å². The van der Waals surface area contributed by atoms with Gasteiger partial charge in [-0.1, -0.05) is 30.3 Å².